The number of piperidine rings is 1. The number of benzene rings is 1. The van der Waals surface area contributed by atoms with Gasteiger partial charge in [-0.1, -0.05) is 25.2 Å². The van der Waals surface area contributed by atoms with Crippen molar-refractivity contribution < 1.29 is 24.0 Å². The van der Waals surface area contributed by atoms with E-state index in [9.17, 15) is 24.5 Å². The second kappa shape index (κ2) is 10.9. The molecule has 2 atom stereocenters. The first-order chi connectivity index (χ1) is 15.7. The van der Waals surface area contributed by atoms with E-state index < -0.39 is 16.8 Å². The van der Waals surface area contributed by atoms with Crippen molar-refractivity contribution in [3.05, 3.63) is 33.1 Å². The van der Waals surface area contributed by atoms with Crippen LogP contribution in [0.1, 0.15) is 20.3 Å². The Morgan fingerprint density at radius 2 is 1.94 bits per heavy atom. The quantitative estimate of drug-likeness (QED) is 0.329. The lowest BCUT2D eigenvalue weighted by molar-refractivity contribution is -0.384. The zero-order valence-corrected chi connectivity index (χ0v) is 20.3. The van der Waals surface area contributed by atoms with Crippen molar-refractivity contribution in [1.29, 1.82) is 0 Å². The van der Waals surface area contributed by atoms with E-state index >= 15 is 0 Å². The highest BCUT2D eigenvalue weighted by Crippen LogP contribution is 2.24. The highest BCUT2D eigenvalue weighted by atomic mass is 32.2. The lowest BCUT2D eigenvalue weighted by Gasteiger charge is -2.35. The third-order valence-electron chi connectivity index (χ3n) is 5.29. The number of thiazole rings is 1. The summed E-state index contributed by atoms with van der Waals surface area (Å²) in [6, 6.07) is 4.23. The maximum atomic E-state index is 12.5. The van der Waals surface area contributed by atoms with E-state index in [0.29, 0.717) is 22.1 Å². The fraction of sp³-hybridized carbons (Fsp3) is 0.524. The lowest BCUT2D eigenvalue weighted by atomic mass is 9.92. The molecule has 2 unspecified atom stereocenters. The molecule has 3 rings (SSSR count). The molecule has 10 nitrogen and oxygen atoms in total. The number of methoxy groups -OCH3 is 1. The van der Waals surface area contributed by atoms with Gasteiger partial charge in [-0.15, -0.1) is 11.8 Å². The minimum Gasteiger partial charge on any atom is -0.468 e. The molecule has 33 heavy (non-hydrogen) atoms. The smallest absolute Gasteiger partial charge is 0.325 e. The third kappa shape index (κ3) is 6.41. The molecular weight excluding hydrogens is 468 g/mol. The minimum absolute atomic E-state index is 0.0112. The van der Waals surface area contributed by atoms with Crippen molar-refractivity contribution in [2.45, 2.75) is 26.8 Å². The number of carbonyl (C=O) groups is 3. The average Bonchev–Trinajstić information content (AvgIpc) is 3.08. The Morgan fingerprint density at radius 3 is 2.58 bits per heavy atom. The SMILES string of the molecule is COC(=O)Cn1c(=NC(=O)CSCC(=O)N2CC(C)CC(C)C2)sc2cc([N+](=O)[O-])ccc21. The molecule has 0 saturated carbocycles. The number of fused-ring (bicyclic) bond motifs is 1. The number of non-ortho nitro benzene ring substituents is 1. The molecule has 1 fully saturated rings. The lowest BCUT2D eigenvalue weighted by Crippen LogP contribution is -2.43. The molecular formula is C21H26N4O6S2. The molecule has 1 aromatic carbocycles. The van der Waals surface area contributed by atoms with E-state index in [1.165, 1.54) is 41.6 Å². The molecule has 0 N–H and O–H groups in total. The van der Waals surface area contributed by atoms with Crippen LogP contribution < -0.4 is 4.80 Å². The van der Waals surface area contributed by atoms with Gasteiger partial charge in [0.2, 0.25) is 5.91 Å². The van der Waals surface area contributed by atoms with Crippen LogP contribution in [0.2, 0.25) is 0 Å². The standard InChI is InChI=1S/C21H26N4O6S2/c1-13-6-14(2)9-23(8-13)19(27)12-32-11-18(26)22-21-24(10-20(28)31-3)16-5-4-15(25(29)30)7-17(16)33-21/h4-5,7,13-14H,6,8-12H2,1-3H3. The van der Waals surface area contributed by atoms with Crippen LogP contribution in [-0.4, -0.2) is 63.9 Å². The number of nitro benzene ring substituents is 1. The Morgan fingerprint density at radius 1 is 1.24 bits per heavy atom. The number of hydrogen-bond donors (Lipinski definition) is 0. The van der Waals surface area contributed by atoms with E-state index in [2.05, 4.69) is 18.8 Å². The molecule has 2 amide bonds. The number of rotatable bonds is 7. The fourth-order valence-electron chi connectivity index (χ4n) is 3.93. The zero-order chi connectivity index (χ0) is 24.1. The first-order valence-corrected chi connectivity index (χ1v) is 12.4. The van der Waals surface area contributed by atoms with Gasteiger partial charge in [-0.3, -0.25) is 24.5 Å². The molecule has 0 bridgehead atoms. The largest absolute Gasteiger partial charge is 0.468 e. The van der Waals surface area contributed by atoms with Crippen LogP contribution in [0.4, 0.5) is 5.69 Å². The maximum absolute atomic E-state index is 12.5. The number of likely N-dealkylation sites (tertiary alicyclic amines) is 1. The molecule has 1 aliphatic heterocycles. The van der Waals surface area contributed by atoms with Crippen molar-refractivity contribution in [2.24, 2.45) is 16.8 Å². The summed E-state index contributed by atoms with van der Waals surface area (Å²) in [5, 5.41) is 11.1. The van der Waals surface area contributed by atoms with Crippen molar-refractivity contribution >= 4 is 56.8 Å². The van der Waals surface area contributed by atoms with E-state index in [1.807, 2.05) is 4.90 Å². The van der Waals surface area contributed by atoms with Gasteiger partial charge in [-0.05, 0) is 24.3 Å². The molecule has 2 aromatic rings. The summed E-state index contributed by atoms with van der Waals surface area (Å²) in [6.45, 7) is 5.56. The highest BCUT2D eigenvalue weighted by molar-refractivity contribution is 8.00. The van der Waals surface area contributed by atoms with Gasteiger partial charge in [0.25, 0.3) is 11.6 Å². The maximum Gasteiger partial charge on any atom is 0.325 e. The number of nitrogens with zero attached hydrogens (tertiary/aromatic N) is 4. The normalized spacial score (nSPS) is 19.0. The van der Waals surface area contributed by atoms with Crippen LogP contribution in [0.3, 0.4) is 0 Å². The topological polar surface area (TPSA) is 124 Å². The number of thioether (sulfide) groups is 1. The molecule has 1 aliphatic rings. The summed E-state index contributed by atoms with van der Waals surface area (Å²) in [7, 11) is 1.25. The predicted octanol–water partition coefficient (Wildman–Crippen LogP) is 2.45. The number of esters is 1. The van der Waals surface area contributed by atoms with Crippen LogP contribution in [0, 0.1) is 22.0 Å². The van der Waals surface area contributed by atoms with Crippen LogP contribution in [0.25, 0.3) is 10.2 Å². The first kappa shape index (κ1) is 24.9. The zero-order valence-electron chi connectivity index (χ0n) is 18.7. The summed E-state index contributed by atoms with van der Waals surface area (Å²) in [6.07, 6.45) is 1.11. The Labute approximate surface area is 198 Å². The first-order valence-electron chi connectivity index (χ1n) is 10.5. The minimum atomic E-state index is -0.535. The molecule has 1 saturated heterocycles. The van der Waals surface area contributed by atoms with Crippen molar-refractivity contribution in [2.75, 3.05) is 31.7 Å². The second-order valence-electron chi connectivity index (χ2n) is 8.20. The monoisotopic (exact) mass is 494 g/mol. The summed E-state index contributed by atoms with van der Waals surface area (Å²) < 4.78 is 6.75. The Kier molecular flexibility index (Phi) is 8.25. The Bertz CT molecular complexity index is 1130. The summed E-state index contributed by atoms with van der Waals surface area (Å²) in [4.78, 5) is 53.6. The van der Waals surface area contributed by atoms with Crippen LogP contribution in [0.15, 0.2) is 23.2 Å². The van der Waals surface area contributed by atoms with Gasteiger partial charge in [0.15, 0.2) is 4.80 Å². The number of nitro groups is 1. The van der Waals surface area contributed by atoms with Gasteiger partial charge in [0.1, 0.15) is 6.54 Å². The number of ether oxygens (including phenoxy) is 1. The number of aromatic nitrogens is 1. The number of amides is 2. The van der Waals surface area contributed by atoms with Gasteiger partial charge >= 0.3 is 5.97 Å². The fourth-order valence-corrected chi connectivity index (χ4v) is 5.71. The summed E-state index contributed by atoms with van der Waals surface area (Å²) in [5.74, 6) is 0.168. The van der Waals surface area contributed by atoms with E-state index in [4.69, 9.17) is 4.74 Å². The molecule has 12 heteroatoms. The summed E-state index contributed by atoms with van der Waals surface area (Å²) >= 11 is 2.28. The van der Waals surface area contributed by atoms with Gasteiger partial charge in [-0.25, -0.2) is 0 Å². The number of carbonyl (C=O) groups excluding carboxylic acids is 3. The predicted molar refractivity (Wildman–Crippen MR) is 126 cm³/mol. The summed E-state index contributed by atoms with van der Waals surface area (Å²) in [5.41, 5.74) is 0.445. The molecule has 1 aromatic heterocycles. The second-order valence-corrected chi connectivity index (χ2v) is 10.2. The van der Waals surface area contributed by atoms with Gasteiger partial charge in [0, 0.05) is 25.2 Å². The molecule has 2 heterocycles. The van der Waals surface area contributed by atoms with E-state index in [-0.39, 0.29) is 34.4 Å². The van der Waals surface area contributed by atoms with Crippen LogP contribution in [-0.2, 0) is 25.7 Å². The van der Waals surface area contributed by atoms with Gasteiger partial charge < -0.3 is 14.2 Å². The van der Waals surface area contributed by atoms with Crippen molar-refractivity contribution in [3.8, 4) is 0 Å². The molecule has 0 spiro atoms. The van der Waals surface area contributed by atoms with E-state index in [0.717, 1.165) is 30.8 Å². The van der Waals surface area contributed by atoms with Crippen LogP contribution >= 0.6 is 23.1 Å². The Balaban J connectivity index is 1.73. The van der Waals surface area contributed by atoms with Crippen LogP contribution in [0.5, 0.6) is 0 Å². The Hall–Kier alpha value is -2.73. The third-order valence-corrected chi connectivity index (χ3v) is 7.23. The van der Waals surface area contributed by atoms with E-state index in [1.54, 1.807) is 0 Å². The van der Waals surface area contributed by atoms with Gasteiger partial charge in [0.05, 0.1) is 33.8 Å². The average molecular weight is 495 g/mol. The molecule has 0 aliphatic carbocycles. The van der Waals surface area contributed by atoms with Crippen molar-refractivity contribution in [3.63, 3.8) is 0 Å². The highest BCUT2D eigenvalue weighted by Gasteiger charge is 2.25. The number of hydrogen-bond acceptors (Lipinski definition) is 8. The van der Waals surface area contributed by atoms with Gasteiger partial charge in [-0.2, -0.15) is 4.99 Å². The van der Waals surface area contributed by atoms with Crippen molar-refractivity contribution in [1.82, 2.24) is 9.47 Å². The molecule has 0 radical (unpaired) electrons. The molecule has 178 valence electrons.